The van der Waals surface area contributed by atoms with Crippen LogP contribution < -0.4 is 0 Å². The van der Waals surface area contributed by atoms with Gasteiger partial charge in [0.05, 0.1) is 6.10 Å². The highest BCUT2D eigenvalue weighted by Gasteiger charge is 2.35. The van der Waals surface area contributed by atoms with Gasteiger partial charge in [-0.2, -0.15) is 0 Å². The lowest BCUT2D eigenvalue weighted by molar-refractivity contribution is 0.0893. The van der Waals surface area contributed by atoms with E-state index in [1.807, 2.05) is 0 Å². The Morgan fingerprint density at radius 1 is 1.29 bits per heavy atom. The van der Waals surface area contributed by atoms with Crippen molar-refractivity contribution in [1.82, 2.24) is 9.80 Å². The van der Waals surface area contributed by atoms with E-state index in [2.05, 4.69) is 37.5 Å². The smallest absolute Gasteiger partial charge is 0.0834 e. The molecule has 1 aliphatic heterocycles. The fourth-order valence-electron chi connectivity index (χ4n) is 2.27. The highest BCUT2D eigenvalue weighted by atomic mass is 16.3. The average Bonchev–Trinajstić information content (AvgIpc) is 2.51. The lowest BCUT2D eigenvalue weighted by Crippen LogP contribution is -2.43. The Labute approximate surface area is 87.7 Å². The third kappa shape index (κ3) is 2.47. The molecule has 1 aliphatic rings. The van der Waals surface area contributed by atoms with Crippen LogP contribution in [0, 0.1) is 0 Å². The van der Waals surface area contributed by atoms with Crippen molar-refractivity contribution in [3.05, 3.63) is 0 Å². The maximum absolute atomic E-state index is 9.96. The summed E-state index contributed by atoms with van der Waals surface area (Å²) in [6.07, 6.45) is -0.169. The van der Waals surface area contributed by atoms with E-state index in [1.54, 1.807) is 0 Å². The summed E-state index contributed by atoms with van der Waals surface area (Å²) in [5.74, 6) is 0. The van der Waals surface area contributed by atoms with Gasteiger partial charge < -0.3 is 5.11 Å². The van der Waals surface area contributed by atoms with E-state index in [1.165, 1.54) is 0 Å². The fraction of sp³-hybridized carbons (Fsp3) is 1.00. The third-order valence-corrected chi connectivity index (χ3v) is 3.30. The molecule has 3 nitrogen and oxygen atoms in total. The van der Waals surface area contributed by atoms with Crippen LogP contribution in [0.5, 0.6) is 0 Å². The van der Waals surface area contributed by atoms with E-state index < -0.39 is 0 Å². The molecule has 0 aromatic heterocycles. The molecule has 2 atom stereocenters. The molecule has 1 saturated heterocycles. The van der Waals surface area contributed by atoms with Crippen LogP contribution in [-0.4, -0.2) is 59.3 Å². The van der Waals surface area contributed by atoms with Crippen molar-refractivity contribution in [3.8, 4) is 0 Å². The van der Waals surface area contributed by atoms with E-state index in [0.29, 0.717) is 12.1 Å². The number of likely N-dealkylation sites (N-methyl/N-ethyl adjacent to an activating group) is 1. The molecule has 2 unspecified atom stereocenters. The van der Waals surface area contributed by atoms with Gasteiger partial charge in [-0.15, -0.1) is 0 Å². The van der Waals surface area contributed by atoms with Crippen molar-refractivity contribution in [2.75, 3.05) is 26.2 Å². The molecular formula is C11H24N2O. The number of nitrogens with zero attached hydrogens (tertiary/aromatic N) is 2. The Kier molecular flexibility index (Phi) is 4.35. The van der Waals surface area contributed by atoms with Crippen LogP contribution in [0.4, 0.5) is 0 Å². The van der Waals surface area contributed by atoms with Gasteiger partial charge in [-0.3, -0.25) is 9.80 Å². The second-order valence-electron chi connectivity index (χ2n) is 4.40. The van der Waals surface area contributed by atoms with E-state index in [9.17, 15) is 5.11 Å². The second kappa shape index (κ2) is 5.10. The molecule has 3 heteroatoms. The number of likely N-dealkylation sites (tertiary alicyclic amines) is 1. The topological polar surface area (TPSA) is 26.7 Å². The largest absolute Gasteiger partial charge is 0.390 e. The third-order valence-electron chi connectivity index (χ3n) is 3.30. The molecule has 1 fully saturated rings. The van der Waals surface area contributed by atoms with Crippen LogP contribution in [0.1, 0.15) is 27.7 Å². The first kappa shape index (κ1) is 12.0. The molecule has 1 rings (SSSR count). The van der Waals surface area contributed by atoms with Crippen molar-refractivity contribution >= 4 is 0 Å². The summed E-state index contributed by atoms with van der Waals surface area (Å²) in [5, 5.41) is 9.96. The summed E-state index contributed by atoms with van der Waals surface area (Å²) in [7, 11) is 0. The molecule has 14 heavy (non-hydrogen) atoms. The van der Waals surface area contributed by atoms with E-state index in [-0.39, 0.29) is 6.10 Å². The molecule has 0 amide bonds. The Balaban J connectivity index is 2.55. The van der Waals surface area contributed by atoms with Crippen LogP contribution >= 0.6 is 0 Å². The van der Waals surface area contributed by atoms with Crippen LogP contribution in [0.15, 0.2) is 0 Å². The molecule has 84 valence electrons. The molecule has 0 aromatic rings. The maximum atomic E-state index is 9.96. The van der Waals surface area contributed by atoms with Gasteiger partial charge in [-0.1, -0.05) is 13.8 Å². The van der Waals surface area contributed by atoms with Gasteiger partial charge in [0.2, 0.25) is 0 Å². The number of rotatable bonds is 4. The maximum Gasteiger partial charge on any atom is 0.0834 e. The van der Waals surface area contributed by atoms with Crippen LogP contribution in [-0.2, 0) is 0 Å². The highest BCUT2D eigenvalue weighted by Crippen LogP contribution is 2.18. The Morgan fingerprint density at radius 3 is 2.21 bits per heavy atom. The van der Waals surface area contributed by atoms with Gasteiger partial charge in [0.25, 0.3) is 0 Å². The first-order valence-electron chi connectivity index (χ1n) is 5.76. The summed E-state index contributed by atoms with van der Waals surface area (Å²) in [4.78, 5) is 4.71. The highest BCUT2D eigenvalue weighted by molar-refractivity contribution is 4.91. The second-order valence-corrected chi connectivity index (χ2v) is 4.40. The Bertz CT molecular complexity index is 169. The number of aliphatic hydroxyl groups excluding tert-OH is 1. The molecule has 0 spiro atoms. The minimum absolute atomic E-state index is 0.169. The normalized spacial score (nSPS) is 29.4. The molecule has 1 N–H and O–H groups in total. The summed E-state index contributed by atoms with van der Waals surface area (Å²) >= 11 is 0. The van der Waals surface area contributed by atoms with Crippen molar-refractivity contribution in [2.45, 2.75) is 45.9 Å². The lowest BCUT2D eigenvalue weighted by Gasteiger charge is -2.28. The Morgan fingerprint density at radius 2 is 1.86 bits per heavy atom. The van der Waals surface area contributed by atoms with Gasteiger partial charge >= 0.3 is 0 Å². The van der Waals surface area contributed by atoms with Gasteiger partial charge in [0, 0.05) is 25.2 Å². The quantitative estimate of drug-likeness (QED) is 0.726. The predicted octanol–water partition coefficient (Wildman–Crippen LogP) is 0.782. The first-order valence-corrected chi connectivity index (χ1v) is 5.76. The summed E-state index contributed by atoms with van der Waals surface area (Å²) in [6, 6.07) is 0.887. The van der Waals surface area contributed by atoms with Crippen LogP contribution in [0.2, 0.25) is 0 Å². The zero-order chi connectivity index (χ0) is 10.7. The molecule has 0 saturated carbocycles. The number of hydrogen-bond donors (Lipinski definition) is 1. The van der Waals surface area contributed by atoms with Gasteiger partial charge in [0.1, 0.15) is 0 Å². The van der Waals surface area contributed by atoms with Gasteiger partial charge in [0.15, 0.2) is 0 Å². The van der Waals surface area contributed by atoms with Crippen molar-refractivity contribution in [2.24, 2.45) is 0 Å². The van der Waals surface area contributed by atoms with E-state index in [0.717, 1.165) is 26.2 Å². The standard InChI is InChI=1S/C11H24N2O/c1-5-12(6-2)10-7-13(9(3)4)8-11(10)14/h9-11,14H,5-8H2,1-4H3. The fourth-order valence-corrected chi connectivity index (χ4v) is 2.27. The van der Waals surface area contributed by atoms with Crippen molar-refractivity contribution in [3.63, 3.8) is 0 Å². The molecule has 0 radical (unpaired) electrons. The van der Waals surface area contributed by atoms with Gasteiger partial charge in [-0.05, 0) is 26.9 Å². The minimum atomic E-state index is -0.169. The summed E-state index contributed by atoms with van der Waals surface area (Å²) < 4.78 is 0. The van der Waals surface area contributed by atoms with E-state index >= 15 is 0 Å². The Hall–Kier alpha value is -0.120. The minimum Gasteiger partial charge on any atom is -0.390 e. The summed E-state index contributed by atoms with van der Waals surface area (Å²) in [6.45, 7) is 12.6. The summed E-state index contributed by atoms with van der Waals surface area (Å²) in [5.41, 5.74) is 0. The SMILES string of the molecule is CCN(CC)C1CN(C(C)C)CC1O. The lowest BCUT2D eigenvalue weighted by atomic mass is 10.2. The first-order chi connectivity index (χ1) is 6.60. The average molecular weight is 200 g/mol. The molecule has 0 aliphatic carbocycles. The zero-order valence-corrected chi connectivity index (χ0v) is 9.90. The van der Waals surface area contributed by atoms with Crippen LogP contribution in [0.25, 0.3) is 0 Å². The van der Waals surface area contributed by atoms with Crippen LogP contribution in [0.3, 0.4) is 0 Å². The zero-order valence-electron chi connectivity index (χ0n) is 9.90. The van der Waals surface area contributed by atoms with E-state index in [4.69, 9.17) is 0 Å². The molecule has 0 bridgehead atoms. The van der Waals surface area contributed by atoms with Crippen molar-refractivity contribution in [1.29, 1.82) is 0 Å². The number of hydrogen-bond acceptors (Lipinski definition) is 3. The van der Waals surface area contributed by atoms with Crippen molar-refractivity contribution < 1.29 is 5.11 Å². The monoisotopic (exact) mass is 200 g/mol. The molecule has 0 aromatic carbocycles. The number of aliphatic hydroxyl groups is 1. The molecule has 1 heterocycles. The van der Waals surface area contributed by atoms with Gasteiger partial charge in [-0.25, -0.2) is 0 Å². The molecular weight excluding hydrogens is 176 g/mol. The number of β-amino-alcohol motifs (C(OH)–C–C–N with tert-alkyl or cyclic N) is 1. The predicted molar refractivity (Wildman–Crippen MR) is 59.4 cm³/mol.